The van der Waals surface area contributed by atoms with Gasteiger partial charge in [-0.3, -0.25) is 28.8 Å². The number of phenols is 1. The maximum absolute atomic E-state index is 13.5. The highest BCUT2D eigenvalue weighted by molar-refractivity contribution is 5.97. The maximum Gasteiger partial charge on any atom is 0.326 e. The van der Waals surface area contributed by atoms with E-state index in [1.54, 1.807) is 12.1 Å². The summed E-state index contributed by atoms with van der Waals surface area (Å²) in [5.41, 5.74) is 6.58. The second kappa shape index (κ2) is 16.8. The minimum Gasteiger partial charge on any atom is -0.508 e. The quantitative estimate of drug-likeness (QED) is 0.0877. The number of nitrogens with two attached hydrogens (primary N) is 1. The molecule has 10 N–H and O–H groups in total. The van der Waals surface area contributed by atoms with Crippen molar-refractivity contribution in [2.24, 2.45) is 5.73 Å². The van der Waals surface area contributed by atoms with Crippen LogP contribution in [0, 0.1) is 0 Å². The van der Waals surface area contributed by atoms with Crippen LogP contribution in [0.5, 0.6) is 5.75 Å². The average molecular weight is 679 g/mol. The molecular weight excluding hydrogens is 636 g/mol. The van der Waals surface area contributed by atoms with Gasteiger partial charge in [-0.2, -0.15) is 0 Å². The van der Waals surface area contributed by atoms with Gasteiger partial charge in [0.25, 0.3) is 0 Å². The molecule has 48 heavy (non-hydrogen) atoms. The average Bonchev–Trinajstić information content (AvgIpc) is 3.73. The number of carboxylic acids is 2. The molecule has 1 aromatic rings. The Kier molecular flexibility index (Phi) is 13.2. The highest BCUT2D eigenvalue weighted by Crippen LogP contribution is 2.21. The summed E-state index contributed by atoms with van der Waals surface area (Å²) in [4.78, 5) is 91.0. The predicted molar refractivity (Wildman–Crippen MR) is 164 cm³/mol. The summed E-state index contributed by atoms with van der Waals surface area (Å²) >= 11 is 0. The fourth-order valence-electron chi connectivity index (χ4n) is 5.72. The van der Waals surface area contributed by atoms with E-state index in [2.05, 4.69) is 16.0 Å². The van der Waals surface area contributed by atoms with Gasteiger partial charge in [0.05, 0.1) is 25.2 Å². The van der Waals surface area contributed by atoms with Crippen LogP contribution in [0.3, 0.4) is 0 Å². The summed E-state index contributed by atoms with van der Waals surface area (Å²) in [6, 6.07) is -2.49. The molecule has 2 aliphatic heterocycles. The standard InChI is InChI=1S/C30H42N6O12/c1-15(38)24(27(44)33-20(14-37)29(46)36-11-3-5-22(36)30(47)48)34-26(43)21-4-2-10-35(21)28(45)19(13-23(40)41)32-25(42)18(31)12-16-6-8-17(39)9-7-16/h6-9,15,18-22,24,37-39H,2-5,10-14,31H2,1H3,(H,32,42)(H,33,44)(H,34,43)(H,40,41)(H,47,48)/t15-,18+,19+,20+,21+,22+,24+/m1/s1. The largest absolute Gasteiger partial charge is 0.508 e. The van der Waals surface area contributed by atoms with Crippen molar-refractivity contribution in [2.75, 3.05) is 19.7 Å². The van der Waals surface area contributed by atoms with Crippen molar-refractivity contribution in [2.45, 2.75) is 87.8 Å². The first-order valence-corrected chi connectivity index (χ1v) is 15.4. The number of hydrogen-bond acceptors (Lipinski definition) is 11. The lowest BCUT2D eigenvalue weighted by Gasteiger charge is -2.31. The molecule has 0 unspecified atom stereocenters. The van der Waals surface area contributed by atoms with E-state index in [4.69, 9.17) is 5.73 Å². The van der Waals surface area contributed by atoms with Gasteiger partial charge in [0.15, 0.2) is 0 Å². The molecule has 0 radical (unpaired) electrons. The molecule has 0 saturated carbocycles. The lowest BCUT2D eigenvalue weighted by atomic mass is 10.0. The van der Waals surface area contributed by atoms with E-state index in [0.717, 1.165) is 9.80 Å². The van der Waals surface area contributed by atoms with Gasteiger partial charge < -0.3 is 57.0 Å². The number of aromatic hydroxyl groups is 1. The van der Waals surface area contributed by atoms with Crippen molar-refractivity contribution in [3.63, 3.8) is 0 Å². The zero-order valence-corrected chi connectivity index (χ0v) is 26.3. The zero-order valence-electron chi connectivity index (χ0n) is 26.3. The van der Waals surface area contributed by atoms with E-state index in [1.807, 2.05) is 0 Å². The molecule has 2 aliphatic rings. The number of carboxylic acid groups (broad SMARTS) is 2. The normalized spacial score (nSPS) is 20.6. The van der Waals surface area contributed by atoms with Gasteiger partial charge in [-0.05, 0) is 56.7 Å². The molecular formula is C30H42N6O12. The summed E-state index contributed by atoms with van der Waals surface area (Å²) in [6.07, 6.45) is -1.33. The molecule has 0 spiro atoms. The first kappa shape index (κ1) is 37.6. The van der Waals surface area contributed by atoms with Gasteiger partial charge >= 0.3 is 11.9 Å². The SMILES string of the molecule is C[C@@H](O)[C@H](NC(=O)[C@@H]1CCCN1C(=O)[C@H](CC(=O)O)NC(=O)[C@@H](N)Cc1ccc(O)cc1)C(=O)N[C@@H](CO)C(=O)N1CCC[C@H]1C(=O)O. The van der Waals surface area contributed by atoms with E-state index in [9.17, 15) is 59.1 Å². The smallest absolute Gasteiger partial charge is 0.326 e. The van der Waals surface area contributed by atoms with E-state index in [-0.39, 0.29) is 38.1 Å². The first-order chi connectivity index (χ1) is 22.6. The predicted octanol–water partition coefficient (Wildman–Crippen LogP) is -3.37. The Morgan fingerprint density at radius 1 is 0.854 bits per heavy atom. The number of amides is 5. The second-order valence-corrected chi connectivity index (χ2v) is 11.8. The Hall–Kier alpha value is -4.81. The summed E-state index contributed by atoms with van der Waals surface area (Å²) in [5.74, 6) is -7.17. The van der Waals surface area contributed by atoms with Gasteiger partial charge in [-0.25, -0.2) is 4.79 Å². The Labute approximate surface area is 275 Å². The zero-order chi connectivity index (χ0) is 35.7. The van der Waals surface area contributed by atoms with Gasteiger partial charge in [0, 0.05) is 13.1 Å². The molecule has 0 aliphatic carbocycles. The van der Waals surface area contributed by atoms with E-state index in [1.165, 1.54) is 19.1 Å². The molecule has 7 atom stereocenters. The number of nitrogens with zero attached hydrogens (tertiary/aromatic N) is 2. The van der Waals surface area contributed by atoms with Crippen molar-refractivity contribution in [3.05, 3.63) is 29.8 Å². The van der Waals surface area contributed by atoms with E-state index in [0.29, 0.717) is 18.4 Å². The van der Waals surface area contributed by atoms with E-state index >= 15 is 0 Å². The van der Waals surface area contributed by atoms with Crippen LogP contribution < -0.4 is 21.7 Å². The number of hydrogen-bond donors (Lipinski definition) is 9. The number of benzene rings is 1. The topological polar surface area (TPSA) is 289 Å². The first-order valence-electron chi connectivity index (χ1n) is 15.4. The van der Waals surface area contributed by atoms with Crippen molar-refractivity contribution in [1.29, 1.82) is 0 Å². The third kappa shape index (κ3) is 9.61. The van der Waals surface area contributed by atoms with Crippen LogP contribution in [0.4, 0.5) is 0 Å². The molecule has 18 heteroatoms. The van der Waals surface area contributed by atoms with Gasteiger partial charge in [-0.1, -0.05) is 12.1 Å². The van der Waals surface area contributed by atoms with Gasteiger partial charge in [0.1, 0.15) is 36.0 Å². The molecule has 3 rings (SSSR count). The highest BCUT2D eigenvalue weighted by atomic mass is 16.4. The van der Waals surface area contributed by atoms with Crippen molar-refractivity contribution in [3.8, 4) is 5.75 Å². The number of carbonyl (C=O) groups is 7. The summed E-state index contributed by atoms with van der Waals surface area (Å²) < 4.78 is 0. The number of phenolic OH excluding ortho intramolecular Hbond substituents is 1. The molecule has 1 aromatic carbocycles. The Morgan fingerprint density at radius 3 is 1.94 bits per heavy atom. The number of rotatable bonds is 15. The number of aliphatic hydroxyl groups excluding tert-OH is 2. The molecule has 0 bridgehead atoms. The maximum atomic E-state index is 13.5. The molecule has 18 nitrogen and oxygen atoms in total. The second-order valence-electron chi connectivity index (χ2n) is 11.8. The molecule has 0 aromatic heterocycles. The molecule has 264 valence electrons. The molecule has 5 amide bonds. The summed E-state index contributed by atoms with van der Waals surface area (Å²) in [5, 5.41) is 55.3. The molecule has 2 saturated heterocycles. The van der Waals surface area contributed by atoms with Crippen LogP contribution in [-0.2, 0) is 40.0 Å². The van der Waals surface area contributed by atoms with Crippen molar-refractivity contribution < 1.29 is 59.1 Å². The number of likely N-dealkylation sites (tertiary alicyclic amines) is 2. The van der Waals surface area contributed by atoms with Gasteiger partial charge in [-0.15, -0.1) is 0 Å². The number of aliphatic hydroxyl groups is 2. The minimum absolute atomic E-state index is 0.00569. The van der Waals surface area contributed by atoms with Crippen molar-refractivity contribution >= 4 is 41.5 Å². The minimum atomic E-state index is -1.67. The fraction of sp³-hybridized carbons (Fsp3) is 0.567. The number of aliphatic carboxylic acids is 2. The van der Waals surface area contributed by atoms with E-state index < -0.39 is 96.9 Å². The number of nitrogens with one attached hydrogen (secondary N) is 3. The van der Waals surface area contributed by atoms with Crippen molar-refractivity contribution in [1.82, 2.24) is 25.8 Å². The van der Waals surface area contributed by atoms with Crippen LogP contribution in [0.25, 0.3) is 0 Å². The third-order valence-corrected chi connectivity index (χ3v) is 8.24. The summed E-state index contributed by atoms with van der Waals surface area (Å²) in [7, 11) is 0. The Morgan fingerprint density at radius 2 is 1.40 bits per heavy atom. The molecule has 2 fully saturated rings. The third-order valence-electron chi connectivity index (χ3n) is 8.24. The monoisotopic (exact) mass is 678 g/mol. The Bertz CT molecular complexity index is 1370. The molecule has 2 heterocycles. The van der Waals surface area contributed by atoms with Crippen LogP contribution in [-0.4, -0.2) is 139 Å². The van der Waals surface area contributed by atoms with Crippen LogP contribution >= 0.6 is 0 Å². The van der Waals surface area contributed by atoms with Gasteiger partial charge in [0.2, 0.25) is 29.5 Å². The summed E-state index contributed by atoms with van der Waals surface area (Å²) in [6.45, 7) is 0.389. The fourth-order valence-corrected chi connectivity index (χ4v) is 5.72. The highest BCUT2D eigenvalue weighted by Gasteiger charge is 2.42. The Balaban J connectivity index is 1.68. The van der Waals surface area contributed by atoms with Crippen LogP contribution in [0.15, 0.2) is 24.3 Å². The van der Waals surface area contributed by atoms with Crippen LogP contribution in [0.1, 0.15) is 44.6 Å². The lowest BCUT2D eigenvalue weighted by Crippen LogP contribution is -2.61. The van der Waals surface area contributed by atoms with Crippen LogP contribution in [0.2, 0.25) is 0 Å². The number of carbonyl (C=O) groups excluding carboxylic acids is 5. The lowest BCUT2D eigenvalue weighted by molar-refractivity contribution is -0.150.